The van der Waals surface area contributed by atoms with E-state index in [1.165, 1.54) is 47.7 Å². The Bertz CT molecular complexity index is 1950. The zero-order valence-electron chi connectivity index (χ0n) is 23.9. The Balaban J connectivity index is 1.27. The fourth-order valence-electron chi connectivity index (χ4n) is 4.39. The number of thiazole rings is 1. The first-order chi connectivity index (χ1) is 21.3. The Morgan fingerprint density at radius 1 is 0.800 bits per heavy atom. The van der Waals surface area contributed by atoms with Crippen molar-refractivity contribution in [2.24, 2.45) is 0 Å². The van der Waals surface area contributed by atoms with Gasteiger partial charge < -0.3 is 5.32 Å². The largest absolute Gasteiger partial charge is 0.416 e. The fraction of sp³-hybridized carbons (Fsp3) is 0.121. The first kappa shape index (κ1) is 31.6. The van der Waals surface area contributed by atoms with Crippen LogP contribution < -0.4 is 10.0 Å². The molecule has 2 N–H and O–H groups in total. The van der Waals surface area contributed by atoms with Crippen LogP contribution in [-0.2, 0) is 16.2 Å². The third-order valence-corrected chi connectivity index (χ3v) is 9.15. The molecule has 5 rings (SSSR count). The first-order valence-corrected chi connectivity index (χ1v) is 16.0. The number of nitrogens with zero attached hydrogens (tertiary/aromatic N) is 1. The number of hydrogen-bond acceptors (Lipinski definition) is 6. The highest BCUT2D eigenvalue weighted by Crippen LogP contribution is 2.33. The second-order valence-electron chi connectivity index (χ2n) is 10.3. The van der Waals surface area contributed by atoms with Gasteiger partial charge in [-0.2, -0.15) is 13.2 Å². The smallest absolute Gasteiger partial charge is 0.321 e. The predicted octanol–water partition coefficient (Wildman–Crippen LogP) is 7.99. The van der Waals surface area contributed by atoms with Crippen molar-refractivity contribution >= 4 is 38.9 Å². The van der Waals surface area contributed by atoms with Gasteiger partial charge in [0.15, 0.2) is 0 Å². The lowest BCUT2D eigenvalue weighted by molar-refractivity contribution is -0.137. The minimum Gasteiger partial charge on any atom is -0.321 e. The molecule has 0 unspecified atom stereocenters. The first-order valence-electron chi connectivity index (χ1n) is 13.6. The zero-order chi connectivity index (χ0) is 32.4. The highest BCUT2D eigenvalue weighted by Gasteiger charge is 2.30. The molecule has 0 aliphatic rings. The predicted molar refractivity (Wildman–Crippen MR) is 168 cm³/mol. The number of hydrogen-bond donors (Lipinski definition) is 2. The number of nitrogens with one attached hydrogen (secondary N) is 2. The number of sulfonamides is 1. The van der Waals surface area contributed by atoms with Crippen LogP contribution in [-0.4, -0.2) is 25.2 Å². The second-order valence-corrected chi connectivity index (χ2v) is 12.9. The summed E-state index contributed by atoms with van der Waals surface area (Å²) in [7, 11) is -4.17. The van der Waals surface area contributed by atoms with Crippen LogP contribution in [0, 0.1) is 0 Å². The Kier molecular flexibility index (Phi) is 8.89. The number of rotatable bonds is 8. The lowest BCUT2D eigenvalue weighted by atomic mass is 10.0. The molecular formula is C33H26F3N3O4S2. The Hall–Kier alpha value is -4.81. The van der Waals surface area contributed by atoms with Gasteiger partial charge in [0.05, 0.1) is 27.4 Å². The summed E-state index contributed by atoms with van der Waals surface area (Å²) in [6, 6.07) is 23.5. The van der Waals surface area contributed by atoms with E-state index in [0.29, 0.717) is 21.8 Å². The van der Waals surface area contributed by atoms with Gasteiger partial charge in [-0.25, -0.2) is 18.1 Å². The van der Waals surface area contributed by atoms with Crippen LogP contribution in [0.2, 0.25) is 0 Å². The number of anilines is 1. The quantitative estimate of drug-likeness (QED) is 0.177. The number of carbonyl (C=O) groups excluding carboxylic acids is 2. The summed E-state index contributed by atoms with van der Waals surface area (Å²) >= 11 is 1.28. The van der Waals surface area contributed by atoms with Gasteiger partial charge in [0.25, 0.3) is 21.8 Å². The Morgan fingerprint density at radius 3 is 2.04 bits per heavy atom. The summed E-state index contributed by atoms with van der Waals surface area (Å²) in [5.41, 5.74) is 2.39. The molecule has 0 spiro atoms. The third-order valence-electron chi connectivity index (χ3n) is 6.91. The van der Waals surface area contributed by atoms with Crippen LogP contribution in [0.5, 0.6) is 0 Å². The number of amides is 2. The monoisotopic (exact) mass is 649 g/mol. The van der Waals surface area contributed by atoms with Crippen molar-refractivity contribution in [1.29, 1.82) is 0 Å². The molecular weight excluding hydrogens is 624 g/mol. The van der Waals surface area contributed by atoms with Crippen molar-refractivity contribution < 1.29 is 31.2 Å². The number of para-hydroxylation sites is 1. The molecule has 45 heavy (non-hydrogen) atoms. The van der Waals surface area contributed by atoms with Gasteiger partial charge >= 0.3 is 6.18 Å². The van der Waals surface area contributed by atoms with Crippen LogP contribution in [0.1, 0.15) is 51.6 Å². The van der Waals surface area contributed by atoms with Crippen LogP contribution in [0.15, 0.2) is 107 Å². The van der Waals surface area contributed by atoms with E-state index in [9.17, 15) is 31.2 Å². The Labute approximate surface area is 261 Å². The molecule has 0 atom stereocenters. The molecule has 0 saturated heterocycles. The summed E-state index contributed by atoms with van der Waals surface area (Å²) in [6.45, 7) is 3.96. The molecule has 1 aromatic heterocycles. The van der Waals surface area contributed by atoms with Gasteiger partial charge in [0, 0.05) is 22.1 Å². The maximum Gasteiger partial charge on any atom is 0.416 e. The summed E-state index contributed by atoms with van der Waals surface area (Å²) in [5.74, 6) is -1.22. The van der Waals surface area contributed by atoms with Crippen LogP contribution in [0.4, 0.5) is 18.9 Å². The van der Waals surface area contributed by atoms with E-state index >= 15 is 0 Å². The maximum atomic E-state index is 13.1. The highest BCUT2D eigenvalue weighted by molar-refractivity contribution is 7.90. The molecule has 0 bridgehead atoms. The Morgan fingerprint density at radius 2 is 1.42 bits per heavy atom. The molecule has 0 radical (unpaired) electrons. The van der Waals surface area contributed by atoms with E-state index in [1.54, 1.807) is 53.9 Å². The topological polar surface area (TPSA) is 105 Å². The molecule has 0 fully saturated rings. The van der Waals surface area contributed by atoms with Crippen LogP contribution in [0.3, 0.4) is 0 Å². The molecule has 12 heteroatoms. The van der Waals surface area contributed by atoms with E-state index in [2.05, 4.69) is 15.0 Å². The average Bonchev–Trinajstić information content (AvgIpc) is 3.51. The molecule has 0 aliphatic heterocycles. The third kappa shape index (κ3) is 7.30. The minimum atomic E-state index is -4.42. The van der Waals surface area contributed by atoms with E-state index in [-0.39, 0.29) is 27.6 Å². The van der Waals surface area contributed by atoms with E-state index in [1.807, 2.05) is 13.8 Å². The van der Waals surface area contributed by atoms with Crippen molar-refractivity contribution in [3.05, 3.63) is 125 Å². The number of aromatic nitrogens is 1. The standard InChI is InChI=1S/C33H26F3N3O4S2/c1-20(2)21-13-17-26(18-14-21)45(42,43)39-31(41)27-5-3-4-6-28(27)37-30(40)23-9-7-22(8-10-23)29-19-44-32(38-29)24-11-15-25(16-12-24)33(34,35)36/h3-20H,1-2H3,(H,37,40)(H,39,41). The molecule has 1 heterocycles. The van der Waals surface area contributed by atoms with Crippen molar-refractivity contribution in [2.45, 2.75) is 30.8 Å². The lowest BCUT2D eigenvalue weighted by Crippen LogP contribution is -2.31. The zero-order valence-corrected chi connectivity index (χ0v) is 25.6. The lowest BCUT2D eigenvalue weighted by Gasteiger charge is -2.13. The van der Waals surface area contributed by atoms with E-state index in [4.69, 9.17) is 0 Å². The molecule has 2 amide bonds. The number of halogens is 3. The normalized spacial score (nSPS) is 11.8. The van der Waals surface area contributed by atoms with Gasteiger partial charge in [0.1, 0.15) is 5.01 Å². The molecule has 7 nitrogen and oxygen atoms in total. The minimum absolute atomic E-state index is 0.0388. The fourth-order valence-corrected chi connectivity index (χ4v) is 6.19. The van der Waals surface area contributed by atoms with Crippen molar-refractivity contribution in [2.75, 3.05) is 5.32 Å². The molecule has 0 aliphatic carbocycles. The summed E-state index contributed by atoms with van der Waals surface area (Å²) < 4.78 is 66.4. The average molecular weight is 650 g/mol. The molecule has 5 aromatic rings. The van der Waals surface area contributed by atoms with E-state index < -0.39 is 33.6 Å². The maximum absolute atomic E-state index is 13.1. The molecule has 0 saturated carbocycles. The van der Waals surface area contributed by atoms with Crippen molar-refractivity contribution in [1.82, 2.24) is 9.71 Å². The second kappa shape index (κ2) is 12.7. The summed E-state index contributed by atoms with van der Waals surface area (Å²) in [5, 5.41) is 4.98. The van der Waals surface area contributed by atoms with Gasteiger partial charge in [-0.1, -0.05) is 62.4 Å². The van der Waals surface area contributed by atoms with Crippen molar-refractivity contribution in [3.8, 4) is 21.8 Å². The number of alkyl halides is 3. The molecule has 230 valence electrons. The SMILES string of the molecule is CC(C)c1ccc(S(=O)(=O)NC(=O)c2ccccc2NC(=O)c2ccc(-c3csc(-c4ccc(C(F)(F)F)cc4)n3)cc2)cc1. The molecule has 4 aromatic carbocycles. The van der Waals surface area contributed by atoms with Gasteiger partial charge in [-0.05, 0) is 60.0 Å². The van der Waals surface area contributed by atoms with Crippen LogP contribution in [0.25, 0.3) is 21.8 Å². The van der Waals surface area contributed by atoms with Gasteiger partial charge in [-0.3, -0.25) is 9.59 Å². The highest BCUT2D eigenvalue weighted by atomic mass is 32.2. The number of carbonyl (C=O) groups is 2. The van der Waals surface area contributed by atoms with Crippen molar-refractivity contribution in [3.63, 3.8) is 0 Å². The summed E-state index contributed by atoms with van der Waals surface area (Å²) in [4.78, 5) is 30.5. The van der Waals surface area contributed by atoms with Gasteiger partial charge in [-0.15, -0.1) is 11.3 Å². The van der Waals surface area contributed by atoms with Crippen LogP contribution >= 0.6 is 11.3 Å². The van der Waals surface area contributed by atoms with E-state index in [0.717, 1.165) is 17.7 Å². The number of benzene rings is 4. The summed E-state index contributed by atoms with van der Waals surface area (Å²) in [6.07, 6.45) is -4.42. The van der Waals surface area contributed by atoms with Gasteiger partial charge in [0.2, 0.25) is 0 Å².